The molecule has 92 valence electrons. The standard InChI is InChI=1S/C11H7BrClN3O2/c12-10-6(13)2-1-3-7(10)16-9-5-14-8(4-15-9)11(17)18/h1-5H,(H,15,16)(H,17,18). The van der Waals surface area contributed by atoms with Crippen LogP contribution in [-0.4, -0.2) is 21.0 Å². The number of nitrogens with one attached hydrogen (secondary N) is 1. The quantitative estimate of drug-likeness (QED) is 0.904. The van der Waals surface area contributed by atoms with E-state index in [2.05, 4.69) is 31.2 Å². The Morgan fingerprint density at radius 1 is 1.33 bits per heavy atom. The lowest BCUT2D eigenvalue weighted by molar-refractivity contribution is 0.0690. The fourth-order valence-corrected chi connectivity index (χ4v) is 1.78. The molecule has 2 N–H and O–H groups in total. The highest BCUT2D eigenvalue weighted by molar-refractivity contribution is 9.10. The highest BCUT2D eigenvalue weighted by Gasteiger charge is 2.07. The van der Waals surface area contributed by atoms with Crippen LogP contribution in [0.25, 0.3) is 0 Å². The first kappa shape index (κ1) is 12.8. The number of rotatable bonds is 3. The Labute approximate surface area is 116 Å². The van der Waals surface area contributed by atoms with Gasteiger partial charge in [-0.05, 0) is 28.1 Å². The van der Waals surface area contributed by atoms with Gasteiger partial charge >= 0.3 is 5.97 Å². The van der Waals surface area contributed by atoms with Crippen molar-refractivity contribution < 1.29 is 9.90 Å². The zero-order chi connectivity index (χ0) is 13.1. The third-order valence-electron chi connectivity index (χ3n) is 2.09. The number of carbonyl (C=O) groups is 1. The number of anilines is 2. The van der Waals surface area contributed by atoms with E-state index >= 15 is 0 Å². The zero-order valence-electron chi connectivity index (χ0n) is 8.89. The van der Waals surface area contributed by atoms with Crippen LogP contribution in [0.5, 0.6) is 0 Å². The van der Waals surface area contributed by atoms with Crippen LogP contribution in [0.3, 0.4) is 0 Å². The van der Waals surface area contributed by atoms with Crippen molar-refractivity contribution in [3.05, 3.63) is 45.8 Å². The second-order valence-corrected chi connectivity index (χ2v) is 4.52. The van der Waals surface area contributed by atoms with Crippen molar-refractivity contribution in [1.29, 1.82) is 0 Å². The van der Waals surface area contributed by atoms with Gasteiger partial charge in [0.1, 0.15) is 5.82 Å². The van der Waals surface area contributed by atoms with Gasteiger partial charge in [0.25, 0.3) is 0 Å². The predicted molar refractivity (Wildman–Crippen MR) is 71.4 cm³/mol. The first-order chi connectivity index (χ1) is 8.58. The molecule has 1 heterocycles. The van der Waals surface area contributed by atoms with Crippen molar-refractivity contribution >= 4 is 45.0 Å². The normalized spacial score (nSPS) is 10.1. The molecule has 5 nitrogen and oxygen atoms in total. The molecule has 2 aromatic rings. The predicted octanol–water partition coefficient (Wildman–Crippen LogP) is 3.33. The maximum atomic E-state index is 10.6. The van der Waals surface area contributed by atoms with Gasteiger partial charge in [-0.2, -0.15) is 0 Å². The van der Waals surface area contributed by atoms with Gasteiger partial charge in [0, 0.05) is 0 Å². The monoisotopic (exact) mass is 327 g/mol. The number of carboxylic acids is 1. The Morgan fingerprint density at radius 2 is 2.11 bits per heavy atom. The van der Waals surface area contributed by atoms with Crippen LogP contribution in [0.15, 0.2) is 35.1 Å². The molecule has 0 atom stereocenters. The smallest absolute Gasteiger partial charge is 0.356 e. The molecule has 0 unspecified atom stereocenters. The zero-order valence-corrected chi connectivity index (χ0v) is 11.2. The summed E-state index contributed by atoms with van der Waals surface area (Å²) in [6.45, 7) is 0. The fraction of sp³-hybridized carbons (Fsp3) is 0. The summed E-state index contributed by atoms with van der Waals surface area (Å²) in [5.41, 5.74) is 0.616. The largest absolute Gasteiger partial charge is 0.476 e. The van der Waals surface area contributed by atoms with Crippen molar-refractivity contribution in [1.82, 2.24) is 9.97 Å². The van der Waals surface area contributed by atoms with E-state index in [1.165, 1.54) is 12.4 Å². The fourth-order valence-electron chi connectivity index (χ4n) is 1.24. The van der Waals surface area contributed by atoms with Gasteiger partial charge in [0.2, 0.25) is 0 Å². The topological polar surface area (TPSA) is 75.1 Å². The summed E-state index contributed by atoms with van der Waals surface area (Å²) in [7, 11) is 0. The number of hydrogen-bond donors (Lipinski definition) is 2. The van der Waals surface area contributed by atoms with E-state index in [4.69, 9.17) is 16.7 Å². The van der Waals surface area contributed by atoms with E-state index in [1.807, 2.05) is 6.07 Å². The molecule has 0 aliphatic heterocycles. The molecule has 18 heavy (non-hydrogen) atoms. The molecule has 0 aliphatic carbocycles. The Bertz CT molecular complexity index is 589. The van der Waals surface area contributed by atoms with Gasteiger partial charge in [-0.1, -0.05) is 17.7 Å². The first-order valence-electron chi connectivity index (χ1n) is 4.84. The molecule has 0 fully saturated rings. The molecule has 0 aliphatic rings. The number of benzene rings is 1. The summed E-state index contributed by atoms with van der Waals surface area (Å²) in [5, 5.41) is 12.2. The molecule has 1 aromatic carbocycles. The van der Waals surface area contributed by atoms with Crippen molar-refractivity contribution in [3.8, 4) is 0 Å². The van der Waals surface area contributed by atoms with E-state index < -0.39 is 5.97 Å². The minimum absolute atomic E-state index is 0.106. The Kier molecular flexibility index (Phi) is 3.78. The van der Waals surface area contributed by atoms with Gasteiger partial charge in [-0.25, -0.2) is 14.8 Å². The van der Waals surface area contributed by atoms with Crippen LogP contribution < -0.4 is 5.32 Å². The summed E-state index contributed by atoms with van der Waals surface area (Å²) in [6, 6.07) is 5.34. The van der Waals surface area contributed by atoms with Crippen LogP contribution >= 0.6 is 27.5 Å². The van der Waals surface area contributed by atoms with E-state index in [9.17, 15) is 4.79 Å². The van der Waals surface area contributed by atoms with E-state index in [-0.39, 0.29) is 5.69 Å². The number of aromatic nitrogens is 2. The van der Waals surface area contributed by atoms with Crippen LogP contribution in [-0.2, 0) is 0 Å². The lowest BCUT2D eigenvalue weighted by Crippen LogP contribution is -2.02. The number of nitrogens with zero attached hydrogens (tertiary/aromatic N) is 2. The average molecular weight is 329 g/mol. The van der Waals surface area contributed by atoms with Crippen molar-refractivity contribution in [2.75, 3.05) is 5.32 Å². The SMILES string of the molecule is O=C(O)c1cnc(Nc2cccc(Cl)c2Br)cn1. The summed E-state index contributed by atoms with van der Waals surface area (Å²) in [6.07, 6.45) is 2.53. The molecule has 0 amide bonds. The summed E-state index contributed by atoms with van der Waals surface area (Å²) in [4.78, 5) is 18.3. The molecule has 1 aromatic heterocycles. The second kappa shape index (κ2) is 5.32. The van der Waals surface area contributed by atoms with E-state index in [1.54, 1.807) is 12.1 Å². The number of halogens is 2. The number of aromatic carboxylic acids is 1. The third kappa shape index (κ3) is 2.77. The summed E-state index contributed by atoms with van der Waals surface area (Å²) < 4.78 is 0.704. The minimum Gasteiger partial charge on any atom is -0.476 e. The Morgan fingerprint density at radius 3 is 2.72 bits per heavy atom. The molecule has 0 radical (unpaired) electrons. The maximum Gasteiger partial charge on any atom is 0.356 e. The molecule has 0 bridgehead atoms. The van der Waals surface area contributed by atoms with Gasteiger partial charge < -0.3 is 10.4 Å². The third-order valence-corrected chi connectivity index (χ3v) is 3.48. The minimum atomic E-state index is -1.11. The Hall–Kier alpha value is -1.66. The van der Waals surface area contributed by atoms with Crippen LogP contribution in [0.4, 0.5) is 11.5 Å². The molecule has 7 heteroatoms. The van der Waals surface area contributed by atoms with Gasteiger partial charge in [-0.15, -0.1) is 0 Å². The van der Waals surface area contributed by atoms with Crippen molar-refractivity contribution in [2.45, 2.75) is 0 Å². The van der Waals surface area contributed by atoms with E-state index in [0.717, 1.165) is 5.69 Å². The van der Waals surface area contributed by atoms with Crippen LogP contribution in [0, 0.1) is 0 Å². The molecule has 0 spiro atoms. The molecular formula is C11H7BrClN3O2. The van der Waals surface area contributed by atoms with Crippen molar-refractivity contribution in [2.24, 2.45) is 0 Å². The summed E-state index contributed by atoms with van der Waals surface area (Å²) in [5.74, 6) is -0.680. The summed E-state index contributed by atoms with van der Waals surface area (Å²) >= 11 is 9.28. The average Bonchev–Trinajstić information content (AvgIpc) is 2.36. The molecule has 2 rings (SSSR count). The highest BCUT2D eigenvalue weighted by Crippen LogP contribution is 2.31. The van der Waals surface area contributed by atoms with Crippen molar-refractivity contribution in [3.63, 3.8) is 0 Å². The maximum absolute atomic E-state index is 10.6. The first-order valence-corrected chi connectivity index (χ1v) is 6.01. The second-order valence-electron chi connectivity index (χ2n) is 3.32. The Balaban J connectivity index is 2.24. The lowest BCUT2D eigenvalue weighted by atomic mass is 10.3. The van der Waals surface area contributed by atoms with Gasteiger partial charge in [0.15, 0.2) is 5.69 Å². The molecular weight excluding hydrogens is 321 g/mol. The van der Waals surface area contributed by atoms with Crippen LogP contribution in [0.2, 0.25) is 5.02 Å². The molecule has 0 saturated carbocycles. The number of hydrogen-bond acceptors (Lipinski definition) is 4. The van der Waals surface area contributed by atoms with Gasteiger partial charge in [0.05, 0.1) is 27.6 Å². The van der Waals surface area contributed by atoms with E-state index in [0.29, 0.717) is 15.3 Å². The van der Waals surface area contributed by atoms with Gasteiger partial charge in [-0.3, -0.25) is 0 Å². The highest BCUT2D eigenvalue weighted by atomic mass is 79.9. The number of carboxylic acid groups (broad SMARTS) is 1. The molecule has 0 saturated heterocycles. The lowest BCUT2D eigenvalue weighted by Gasteiger charge is -2.08. The van der Waals surface area contributed by atoms with Crippen LogP contribution in [0.1, 0.15) is 10.5 Å².